The van der Waals surface area contributed by atoms with Gasteiger partial charge in [0.15, 0.2) is 5.78 Å². The van der Waals surface area contributed by atoms with Gasteiger partial charge < -0.3 is 4.74 Å². The average molecular weight is 261 g/mol. The number of ether oxygens (including phenoxy) is 1. The molecule has 0 saturated carbocycles. The summed E-state index contributed by atoms with van der Waals surface area (Å²) in [4.78, 5) is 14.9. The Morgan fingerprint density at radius 1 is 1.26 bits per heavy atom. The lowest BCUT2D eigenvalue weighted by Crippen LogP contribution is -2.52. The Morgan fingerprint density at radius 3 is 2.37 bits per heavy atom. The van der Waals surface area contributed by atoms with Gasteiger partial charge in [0.05, 0.1) is 18.2 Å². The number of morpholine rings is 1. The van der Waals surface area contributed by atoms with Crippen LogP contribution in [0.25, 0.3) is 0 Å². The Kier molecular flexibility index (Phi) is 4.72. The highest BCUT2D eigenvalue weighted by Crippen LogP contribution is 2.18. The van der Waals surface area contributed by atoms with E-state index < -0.39 is 0 Å². The van der Waals surface area contributed by atoms with Crippen LogP contribution in [0.15, 0.2) is 30.3 Å². The first-order valence-corrected chi connectivity index (χ1v) is 7.10. The zero-order valence-corrected chi connectivity index (χ0v) is 12.0. The number of nitrogens with zero attached hydrogens (tertiary/aromatic N) is 1. The van der Waals surface area contributed by atoms with Crippen molar-refractivity contribution in [2.75, 3.05) is 13.1 Å². The molecule has 1 unspecified atom stereocenters. The molecule has 1 heterocycles. The van der Waals surface area contributed by atoms with Crippen LogP contribution in [0.5, 0.6) is 0 Å². The summed E-state index contributed by atoms with van der Waals surface area (Å²) in [5.41, 5.74) is 0.807. The van der Waals surface area contributed by atoms with E-state index in [-0.39, 0.29) is 24.0 Å². The number of benzene rings is 1. The first-order chi connectivity index (χ1) is 9.11. The quantitative estimate of drug-likeness (QED) is 0.781. The molecule has 2 rings (SSSR count). The topological polar surface area (TPSA) is 29.5 Å². The molecule has 3 nitrogen and oxygen atoms in total. The van der Waals surface area contributed by atoms with E-state index in [2.05, 4.69) is 25.7 Å². The molecule has 1 aliphatic rings. The second kappa shape index (κ2) is 6.31. The molecular formula is C16H23NO2. The highest BCUT2D eigenvalue weighted by Gasteiger charge is 2.31. The minimum Gasteiger partial charge on any atom is -0.373 e. The summed E-state index contributed by atoms with van der Waals surface area (Å²) in [6, 6.07) is 9.55. The Labute approximate surface area is 115 Å². The molecule has 19 heavy (non-hydrogen) atoms. The van der Waals surface area contributed by atoms with E-state index in [1.807, 2.05) is 30.3 Å². The van der Waals surface area contributed by atoms with Crippen molar-refractivity contribution in [2.45, 2.75) is 45.4 Å². The Hall–Kier alpha value is -1.19. The fraction of sp³-hybridized carbons (Fsp3) is 0.562. The van der Waals surface area contributed by atoms with Crippen LogP contribution in [0.2, 0.25) is 0 Å². The second-order valence-electron chi connectivity index (χ2n) is 5.37. The Bertz CT molecular complexity index is 408. The van der Waals surface area contributed by atoms with E-state index in [9.17, 15) is 4.79 Å². The zero-order chi connectivity index (χ0) is 13.8. The molecule has 0 aromatic heterocycles. The third-order valence-electron chi connectivity index (χ3n) is 3.64. The van der Waals surface area contributed by atoms with Crippen LogP contribution < -0.4 is 0 Å². The summed E-state index contributed by atoms with van der Waals surface area (Å²) in [6.07, 6.45) is 1.23. The number of Topliss-reactive ketones (excluding diaryl/α,β-unsaturated/α-hetero) is 1. The van der Waals surface area contributed by atoms with Crippen LogP contribution >= 0.6 is 0 Å². The minimum absolute atomic E-state index is 0.0313. The molecule has 3 heteroatoms. The van der Waals surface area contributed by atoms with Gasteiger partial charge in [-0.2, -0.15) is 0 Å². The normalized spacial score (nSPS) is 26.1. The molecule has 1 aliphatic heterocycles. The van der Waals surface area contributed by atoms with Crippen LogP contribution in [-0.4, -0.2) is 42.0 Å². The molecule has 104 valence electrons. The maximum absolute atomic E-state index is 12.6. The first-order valence-electron chi connectivity index (χ1n) is 7.10. The first kappa shape index (κ1) is 14.2. The molecule has 1 fully saturated rings. The minimum atomic E-state index is -0.0313. The summed E-state index contributed by atoms with van der Waals surface area (Å²) < 4.78 is 5.74. The van der Waals surface area contributed by atoms with Crippen molar-refractivity contribution >= 4 is 5.78 Å². The van der Waals surface area contributed by atoms with Gasteiger partial charge in [-0.1, -0.05) is 37.3 Å². The van der Waals surface area contributed by atoms with Crippen LogP contribution in [0, 0.1) is 0 Å². The molecule has 1 aromatic carbocycles. The molecule has 1 aromatic rings. The lowest BCUT2D eigenvalue weighted by molar-refractivity contribution is -0.0764. The van der Waals surface area contributed by atoms with Gasteiger partial charge in [-0.15, -0.1) is 0 Å². The number of ketones is 1. The van der Waals surface area contributed by atoms with E-state index in [4.69, 9.17) is 4.74 Å². The van der Waals surface area contributed by atoms with Crippen LogP contribution in [0.1, 0.15) is 37.6 Å². The molecule has 0 spiro atoms. The molecule has 1 saturated heterocycles. The maximum atomic E-state index is 12.6. The molecular weight excluding hydrogens is 238 g/mol. The van der Waals surface area contributed by atoms with Gasteiger partial charge in [-0.3, -0.25) is 9.69 Å². The van der Waals surface area contributed by atoms with E-state index in [1.165, 1.54) is 0 Å². The van der Waals surface area contributed by atoms with Gasteiger partial charge in [0.1, 0.15) is 0 Å². The lowest BCUT2D eigenvalue weighted by atomic mass is 9.99. The fourth-order valence-electron chi connectivity index (χ4n) is 2.88. The Balaban J connectivity index is 2.13. The van der Waals surface area contributed by atoms with E-state index in [0.717, 1.165) is 25.1 Å². The summed E-state index contributed by atoms with van der Waals surface area (Å²) >= 11 is 0. The Morgan fingerprint density at radius 2 is 1.84 bits per heavy atom. The maximum Gasteiger partial charge on any atom is 0.179 e. The predicted octanol–water partition coefficient (Wildman–Crippen LogP) is 2.76. The summed E-state index contributed by atoms with van der Waals surface area (Å²) in [7, 11) is 0. The molecule has 0 N–H and O–H groups in total. The number of hydrogen-bond donors (Lipinski definition) is 0. The van der Waals surface area contributed by atoms with Crippen LogP contribution in [0.3, 0.4) is 0 Å². The number of carbonyl (C=O) groups is 1. The summed E-state index contributed by atoms with van der Waals surface area (Å²) in [5, 5.41) is 0. The second-order valence-corrected chi connectivity index (χ2v) is 5.37. The number of carbonyl (C=O) groups excluding carboxylic acids is 1. The third kappa shape index (κ3) is 3.43. The van der Waals surface area contributed by atoms with E-state index >= 15 is 0 Å². The number of hydrogen-bond acceptors (Lipinski definition) is 3. The fourth-order valence-corrected chi connectivity index (χ4v) is 2.88. The smallest absolute Gasteiger partial charge is 0.179 e. The third-order valence-corrected chi connectivity index (χ3v) is 3.64. The van der Waals surface area contributed by atoms with Gasteiger partial charge in [-0.25, -0.2) is 0 Å². The van der Waals surface area contributed by atoms with Gasteiger partial charge in [0.25, 0.3) is 0 Å². The van der Waals surface area contributed by atoms with Gasteiger partial charge in [-0.05, 0) is 20.3 Å². The molecule has 0 amide bonds. The monoisotopic (exact) mass is 261 g/mol. The van der Waals surface area contributed by atoms with Gasteiger partial charge in [0, 0.05) is 18.7 Å². The molecule has 0 bridgehead atoms. The van der Waals surface area contributed by atoms with Crippen molar-refractivity contribution in [1.29, 1.82) is 0 Å². The summed E-state index contributed by atoms with van der Waals surface area (Å²) in [5.74, 6) is 0.226. The molecule has 3 atom stereocenters. The van der Waals surface area contributed by atoms with E-state index in [1.54, 1.807) is 0 Å². The van der Waals surface area contributed by atoms with Crippen molar-refractivity contribution < 1.29 is 9.53 Å². The van der Waals surface area contributed by atoms with Gasteiger partial charge >= 0.3 is 0 Å². The van der Waals surface area contributed by atoms with Gasteiger partial charge in [0.2, 0.25) is 0 Å². The highest BCUT2D eigenvalue weighted by atomic mass is 16.5. The van der Waals surface area contributed by atoms with Crippen molar-refractivity contribution in [3.05, 3.63) is 35.9 Å². The van der Waals surface area contributed by atoms with Crippen LogP contribution in [-0.2, 0) is 4.74 Å². The zero-order valence-electron chi connectivity index (χ0n) is 12.0. The van der Waals surface area contributed by atoms with Crippen molar-refractivity contribution in [2.24, 2.45) is 0 Å². The number of rotatable bonds is 4. The standard InChI is InChI=1S/C16H23NO2/c1-4-15(16(18)14-8-6-5-7-9-14)17-10-12(2)19-13(3)11-17/h5-9,12-13,15H,4,10-11H2,1-3H3/t12-,13+,15?. The molecule has 0 radical (unpaired) electrons. The van der Waals surface area contributed by atoms with Crippen LogP contribution in [0.4, 0.5) is 0 Å². The average Bonchev–Trinajstić information content (AvgIpc) is 2.39. The van der Waals surface area contributed by atoms with Crippen molar-refractivity contribution in [3.8, 4) is 0 Å². The molecule has 0 aliphatic carbocycles. The largest absolute Gasteiger partial charge is 0.373 e. The van der Waals surface area contributed by atoms with Crippen molar-refractivity contribution in [3.63, 3.8) is 0 Å². The summed E-state index contributed by atoms with van der Waals surface area (Å²) in [6.45, 7) is 7.89. The SMILES string of the molecule is CCC(C(=O)c1ccccc1)N1C[C@@H](C)O[C@@H](C)C1. The predicted molar refractivity (Wildman–Crippen MR) is 76.4 cm³/mol. The highest BCUT2D eigenvalue weighted by molar-refractivity contribution is 6.00. The lowest BCUT2D eigenvalue weighted by Gasteiger charge is -2.39. The van der Waals surface area contributed by atoms with E-state index in [0.29, 0.717) is 0 Å². The van der Waals surface area contributed by atoms with Crippen molar-refractivity contribution in [1.82, 2.24) is 4.90 Å².